The van der Waals surface area contributed by atoms with Crippen molar-refractivity contribution in [3.63, 3.8) is 0 Å². The predicted molar refractivity (Wildman–Crippen MR) is 112 cm³/mol. The molecule has 2 fully saturated rings. The topological polar surface area (TPSA) is 55.1 Å². The van der Waals surface area contributed by atoms with Crippen molar-refractivity contribution in [2.24, 2.45) is 5.73 Å². The summed E-state index contributed by atoms with van der Waals surface area (Å²) >= 11 is 0. The van der Waals surface area contributed by atoms with Crippen LogP contribution in [0.3, 0.4) is 0 Å². The van der Waals surface area contributed by atoms with Gasteiger partial charge in [0.05, 0.1) is 19.1 Å². The molecule has 0 radical (unpaired) electrons. The molecule has 0 aliphatic carbocycles. The summed E-state index contributed by atoms with van der Waals surface area (Å²) in [6, 6.07) is 6.74. The molecular weight excluding hydrogens is 334 g/mol. The van der Waals surface area contributed by atoms with Crippen LogP contribution >= 0.6 is 0 Å². The summed E-state index contributed by atoms with van der Waals surface area (Å²) in [5, 5.41) is 3.45. The van der Waals surface area contributed by atoms with E-state index in [1.54, 1.807) is 0 Å². The Morgan fingerprint density at radius 3 is 2.41 bits per heavy atom. The van der Waals surface area contributed by atoms with Crippen molar-refractivity contribution in [3.05, 3.63) is 34.9 Å². The predicted octanol–water partition coefficient (Wildman–Crippen LogP) is 2.96. The van der Waals surface area contributed by atoms with Gasteiger partial charge in [-0.2, -0.15) is 0 Å². The molecule has 2 aliphatic heterocycles. The summed E-state index contributed by atoms with van der Waals surface area (Å²) in [6.07, 6.45) is 8.54. The lowest BCUT2D eigenvalue weighted by molar-refractivity contribution is -0.886. The summed E-state index contributed by atoms with van der Waals surface area (Å²) in [4.78, 5) is 13.6. The van der Waals surface area contributed by atoms with Crippen molar-refractivity contribution < 1.29 is 9.28 Å². The molecule has 27 heavy (non-hydrogen) atoms. The zero-order valence-electron chi connectivity index (χ0n) is 17.3. The number of benzene rings is 1. The highest BCUT2D eigenvalue weighted by Crippen LogP contribution is 2.29. The summed E-state index contributed by atoms with van der Waals surface area (Å²) in [5.74, 6) is 0.291. The van der Waals surface area contributed by atoms with Crippen molar-refractivity contribution >= 4 is 5.91 Å². The molecule has 0 aromatic heterocycles. The number of aryl methyl sites for hydroxylation is 2. The van der Waals surface area contributed by atoms with Crippen molar-refractivity contribution in [1.82, 2.24) is 5.32 Å². The van der Waals surface area contributed by atoms with E-state index in [1.165, 1.54) is 23.1 Å². The quantitative estimate of drug-likeness (QED) is 0.755. The molecule has 0 unspecified atom stereocenters. The fourth-order valence-corrected chi connectivity index (χ4v) is 5.29. The van der Waals surface area contributed by atoms with Crippen molar-refractivity contribution in [2.45, 2.75) is 77.3 Å². The Hall–Kier alpha value is -1.23. The maximum atomic E-state index is 13.6. The molecule has 2 aliphatic rings. The first-order chi connectivity index (χ1) is 13.1. The molecular formula is C23H38N3O+. The van der Waals surface area contributed by atoms with Gasteiger partial charge in [-0.1, -0.05) is 32.0 Å². The number of carbonyl (C=O) groups excluding carboxylic acids is 1. The fourth-order valence-electron chi connectivity index (χ4n) is 5.29. The van der Waals surface area contributed by atoms with Crippen LogP contribution in [0, 0.1) is 0 Å². The van der Waals surface area contributed by atoms with Gasteiger partial charge >= 0.3 is 5.91 Å². The molecule has 2 heterocycles. The van der Waals surface area contributed by atoms with E-state index in [0.717, 1.165) is 64.7 Å². The van der Waals surface area contributed by atoms with Crippen LogP contribution in [0.15, 0.2) is 18.2 Å². The average molecular weight is 373 g/mol. The molecule has 1 atom stereocenters. The zero-order chi connectivity index (χ0) is 19.3. The number of nitrogens with two attached hydrogens (primary N) is 1. The first-order valence-electron chi connectivity index (χ1n) is 11.1. The van der Waals surface area contributed by atoms with Crippen LogP contribution in [-0.4, -0.2) is 48.7 Å². The molecule has 4 heteroatoms. The normalized spacial score (nSPS) is 21.7. The molecule has 2 saturated heterocycles. The molecule has 150 valence electrons. The van der Waals surface area contributed by atoms with Gasteiger partial charge in [0.1, 0.15) is 6.04 Å². The number of rotatable bonds is 6. The van der Waals surface area contributed by atoms with Crippen molar-refractivity contribution in [1.29, 1.82) is 0 Å². The molecule has 3 rings (SSSR count). The number of nitrogens with one attached hydrogen (secondary N) is 1. The van der Waals surface area contributed by atoms with Crippen LogP contribution in [0.4, 0.5) is 0 Å². The minimum atomic E-state index is -0.393. The summed E-state index contributed by atoms with van der Waals surface area (Å²) in [7, 11) is 0. The second-order valence-corrected chi connectivity index (χ2v) is 8.48. The number of piperidine rings is 2. The molecule has 4 nitrogen and oxygen atoms in total. The summed E-state index contributed by atoms with van der Waals surface area (Å²) < 4.78 is 0.649. The first-order valence-corrected chi connectivity index (χ1v) is 11.1. The van der Waals surface area contributed by atoms with Crippen LogP contribution in [-0.2, 0) is 24.1 Å². The van der Waals surface area contributed by atoms with Gasteiger partial charge in [-0.3, -0.25) is 4.48 Å². The van der Waals surface area contributed by atoms with Crippen LogP contribution in [0.5, 0.6) is 0 Å². The summed E-state index contributed by atoms with van der Waals surface area (Å²) in [5.41, 5.74) is 10.6. The van der Waals surface area contributed by atoms with Crippen LogP contribution in [0.25, 0.3) is 0 Å². The van der Waals surface area contributed by atoms with E-state index in [1.807, 2.05) is 0 Å². The number of hydrogen-bond acceptors (Lipinski definition) is 3. The molecule has 3 N–H and O–H groups in total. The fraction of sp³-hybridized carbons (Fsp3) is 0.696. The monoisotopic (exact) mass is 372 g/mol. The largest absolute Gasteiger partial charge is 0.331 e. The van der Waals surface area contributed by atoms with Gasteiger partial charge in [0.25, 0.3) is 0 Å². The smallest absolute Gasteiger partial charge is 0.316 e. The molecule has 0 saturated carbocycles. The van der Waals surface area contributed by atoms with E-state index in [-0.39, 0.29) is 0 Å². The van der Waals surface area contributed by atoms with E-state index in [0.29, 0.717) is 22.9 Å². The lowest BCUT2D eigenvalue weighted by Gasteiger charge is -2.47. The minimum Gasteiger partial charge on any atom is -0.316 e. The minimum absolute atomic E-state index is 0.291. The van der Waals surface area contributed by atoms with E-state index in [9.17, 15) is 4.79 Å². The van der Waals surface area contributed by atoms with Crippen LogP contribution in [0.1, 0.15) is 62.6 Å². The number of amides is 1. The third-order valence-corrected chi connectivity index (χ3v) is 6.87. The average Bonchev–Trinajstić information content (AvgIpc) is 2.74. The Morgan fingerprint density at radius 1 is 1.11 bits per heavy atom. The SMILES string of the molecule is CCc1ccc(C[C@@H](N)C(=O)[N+]2(C3CCNCC3)CCCCC2)cc1CC. The molecule has 0 bridgehead atoms. The molecule has 0 spiro atoms. The van der Waals surface area contributed by atoms with Gasteiger partial charge in [-0.25, -0.2) is 4.79 Å². The zero-order valence-corrected chi connectivity index (χ0v) is 17.3. The molecule has 1 aromatic rings. The number of quaternary nitrogens is 1. The van der Waals surface area contributed by atoms with Crippen LogP contribution < -0.4 is 11.1 Å². The van der Waals surface area contributed by atoms with E-state index >= 15 is 0 Å². The Labute approximate surface area is 165 Å². The lowest BCUT2D eigenvalue weighted by atomic mass is 9.92. The highest BCUT2D eigenvalue weighted by molar-refractivity contribution is 5.76. The van der Waals surface area contributed by atoms with Crippen molar-refractivity contribution in [2.75, 3.05) is 26.2 Å². The Balaban J connectivity index is 1.77. The molecule has 1 amide bonds. The Kier molecular flexibility index (Phi) is 7.07. The number of likely N-dealkylation sites (tertiary alicyclic amines) is 1. The lowest BCUT2D eigenvalue weighted by Crippen LogP contribution is -2.67. The van der Waals surface area contributed by atoms with Crippen LogP contribution in [0.2, 0.25) is 0 Å². The van der Waals surface area contributed by atoms with Gasteiger partial charge in [-0.15, -0.1) is 0 Å². The maximum absolute atomic E-state index is 13.6. The Bertz CT molecular complexity index is 631. The van der Waals surface area contributed by atoms with E-state index in [4.69, 9.17) is 5.73 Å². The number of carbonyl (C=O) groups is 1. The Morgan fingerprint density at radius 2 is 1.78 bits per heavy atom. The second kappa shape index (κ2) is 9.31. The van der Waals surface area contributed by atoms with Gasteiger partial charge < -0.3 is 11.1 Å². The standard InChI is InChI=1S/C23H38N3O/c1-3-19-9-8-18(16-20(19)4-2)17-22(24)23(27)26(14-6-5-7-15-26)21-10-12-25-13-11-21/h8-9,16,21-22,25H,3-7,10-15,17,24H2,1-2H3/q+1/t22-/m1/s1. The van der Waals surface area contributed by atoms with E-state index in [2.05, 4.69) is 37.4 Å². The van der Waals surface area contributed by atoms with Gasteiger partial charge in [0.2, 0.25) is 0 Å². The van der Waals surface area contributed by atoms with Gasteiger partial charge in [0.15, 0.2) is 0 Å². The second-order valence-electron chi connectivity index (χ2n) is 8.48. The highest BCUT2D eigenvalue weighted by Gasteiger charge is 2.47. The van der Waals surface area contributed by atoms with Gasteiger partial charge in [0, 0.05) is 32.4 Å². The number of hydrogen-bond donors (Lipinski definition) is 2. The van der Waals surface area contributed by atoms with E-state index < -0.39 is 6.04 Å². The molecule has 1 aromatic carbocycles. The third-order valence-electron chi connectivity index (χ3n) is 6.87. The first kappa shape index (κ1) is 20.5. The number of nitrogens with zero attached hydrogens (tertiary/aromatic N) is 1. The third kappa shape index (κ3) is 4.44. The highest BCUT2D eigenvalue weighted by atomic mass is 16.2. The summed E-state index contributed by atoms with van der Waals surface area (Å²) in [6.45, 7) is 8.45. The van der Waals surface area contributed by atoms with Gasteiger partial charge in [-0.05, 0) is 48.8 Å². The van der Waals surface area contributed by atoms with Crippen molar-refractivity contribution in [3.8, 4) is 0 Å². The maximum Gasteiger partial charge on any atom is 0.331 e.